The number of hydrogen-bond acceptors (Lipinski definition) is 6. The molecule has 0 N–H and O–H groups in total. The molecule has 6 nitrogen and oxygen atoms in total. The van der Waals surface area contributed by atoms with Crippen molar-refractivity contribution in [3.8, 4) is 6.07 Å². The Balaban J connectivity index is 2.29. The van der Waals surface area contributed by atoms with Gasteiger partial charge in [0, 0.05) is 12.7 Å². The zero-order valence-electron chi connectivity index (χ0n) is 10.8. The Morgan fingerprint density at radius 2 is 2.30 bits per heavy atom. The summed E-state index contributed by atoms with van der Waals surface area (Å²) in [7, 11) is 2.46. The highest BCUT2D eigenvalue weighted by Gasteiger charge is 2.49. The van der Waals surface area contributed by atoms with Crippen LogP contribution in [0.3, 0.4) is 0 Å². The van der Waals surface area contributed by atoms with Crippen molar-refractivity contribution in [3.63, 3.8) is 0 Å². The van der Waals surface area contributed by atoms with Crippen molar-refractivity contribution in [1.82, 2.24) is 0 Å². The predicted molar refractivity (Wildman–Crippen MR) is 65.1 cm³/mol. The summed E-state index contributed by atoms with van der Waals surface area (Å²) >= 11 is 0. The molecule has 0 amide bonds. The second kappa shape index (κ2) is 5.27. The number of nitriles is 1. The largest absolute Gasteiger partial charge is 0.464 e. The Morgan fingerprint density at radius 1 is 1.55 bits per heavy atom. The summed E-state index contributed by atoms with van der Waals surface area (Å²) < 4.78 is 23.5. The van der Waals surface area contributed by atoms with Gasteiger partial charge in [-0.25, -0.2) is 9.18 Å². The molecule has 104 valence electrons. The molecular weight excluding hydrogens is 267 g/mol. The smallest absolute Gasteiger partial charge is 0.382 e. The lowest BCUT2D eigenvalue weighted by Crippen LogP contribution is -2.42. The van der Waals surface area contributed by atoms with Gasteiger partial charge in [-0.1, -0.05) is 5.16 Å². The maximum atomic E-state index is 13.9. The number of esters is 1. The van der Waals surface area contributed by atoms with Crippen LogP contribution in [0.2, 0.25) is 0 Å². The van der Waals surface area contributed by atoms with Gasteiger partial charge in [0.25, 0.3) is 0 Å². The van der Waals surface area contributed by atoms with Crippen LogP contribution in [0.15, 0.2) is 23.4 Å². The zero-order valence-corrected chi connectivity index (χ0v) is 10.8. The van der Waals surface area contributed by atoms with Crippen molar-refractivity contribution in [1.29, 1.82) is 5.26 Å². The van der Waals surface area contributed by atoms with E-state index >= 15 is 0 Å². The van der Waals surface area contributed by atoms with Crippen molar-refractivity contribution in [3.05, 3.63) is 35.1 Å². The van der Waals surface area contributed by atoms with Crippen LogP contribution >= 0.6 is 0 Å². The Morgan fingerprint density at radius 3 is 2.85 bits per heavy atom. The van der Waals surface area contributed by atoms with E-state index in [-0.39, 0.29) is 23.3 Å². The molecule has 0 aliphatic carbocycles. The lowest BCUT2D eigenvalue weighted by atomic mass is 10.0. The molecule has 1 aromatic rings. The summed E-state index contributed by atoms with van der Waals surface area (Å²) in [6.07, 6.45) is -0.0843. The maximum Gasteiger partial charge on any atom is 0.382 e. The molecule has 1 atom stereocenters. The van der Waals surface area contributed by atoms with Gasteiger partial charge in [-0.3, -0.25) is 0 Å². The maximum absolute atomic E-state index is 13.9. The molecule has 0 aromatic heterocycles. The zero-order chi connectivity index (χ0) is 14.8. The molecule has 1 unspecified atom stereocenters. The molecule has 0 saturated heterocycles. The lowest BCUT2D eigenvalue weighted by Gasteiger charge is -2.20. The van der Waals surface area contributed by atoms with Gasteiger partial charge in [0.2, 0.25) is 0 Å². The average molecular weight is 278 g/mol. The number of methoxy groups -OCH3 is 2. The highest BCUT2D eigenvalue weighted by molar-refractivity contribution is 6.04. The van der Waals surface area contributed by atoms with E-state index in [1.807, 2.05) is 6.07 Å². The number of halogens is 1. The lowest BCUT2D eigenvalue weighted by molar-refractivity contribution is -0.227. The molecule has 0 bridgehead atoms. The first-order valence-electron chi connectivity index (χ1n) is 5.65. The Kier molecular flexibility index (Phi) is 3.68. The van der Waals surface area contributed by atoms with Crippen LogP contribution in [0.25, 0.3) is 0 Å². The number of rotatable bonds is 3. The fraction of sp³-hybridized carbons (Fsp3) is 0.308. The predicted octanol–water partition coefficient (Wildman–Crippen LogP) is 1.34. The first-order valence-corrected chi connectivity index (χ1v) is 5.65. The first-order chi connectivity index (χ1) is 9.56. The van der Waals surface area contributed by atoms with Crippen LogP contribution < -0.4 is 0 Å². The van der Waals surface area contributed by atoms with E-state index in [9.17, 15) is 9.18 Å². The van der Waals surface area contributed by atoms with Gasteiger partial charge in [0.1, 0.15) is 5.82 Å². The highest BCUT2D eigenvalue weighted by atomic mass is 19.1. The summed E-state index contributed by atoms with van der Waals surface area (Å²) in [6.45, 7) is 0. The van der Waals surface area contributed by atoms with Gasteiger partial charge in [0.15, 0.2) is 0 Å². The Bertz CT molecular complexity index is 623. The molecule has 1 aliphatic rings. The second-order valence-corrected chi connectivity index (χ2v) is 4.06. The van der Waals surface area contributed by atoms with E-state index in [1.165, 1.54) is 26.4 Å². The number of nitrogens with zero attached hydrogens (tertiary/aromatic N) is 2. The SMILES string of the molecule is COC(=O)C1(OC)CC(c2ccc(C#N)cc2F)=NO1. The number of carbonyl (C=O) groups excluding carboxylic acids is 1. The second-order valence-electron chi connectivity index (χ2n) is 4.06. The summed E-state index contributed by atoms with van der Waals surface area (Å²) in [5.41, 5.74) is 0.544. The van der Waals surface area contributed by atoms with Crippen LogP contribution in [0.1, 0.15) is 17.5 Å². The normalized spacial score (nSPS) is 20.8. The molecule has 20 heavy (non-hydrogen) atoms. The number of ether oxygens (including phenoxy) is 2. The first kappa shape index (κ1) is 14.0. The summed E-state index contributed by atoms with van der Waals surface area (Å²) in [4.78, 5) is 16.6. The van der Waals surface area contributed by atoms with Gasteiger partial charge in [-0.2, -0.15) is 5.26 Å². The van der Waals surface area contributed by atoms with Gasteiger partial charge in [0.05, 0.1) is 30.9 Å². The molecule has 2 rings (SSSR count). The van der Waals surface area contributed by atoms with E-state index in [0.717, 1.165) is 6.07 Å². The highest BCUT2D eigenvalue weighted by Crippen LogP contribution is 2.29. The van der Waals surface area contributed by atoms with Crippen LogP contribution in [0.4, 0.5) is 4.39 Å². The third-order valence-corrected chi connectivity index (χ3v) is 2.94. The monoisotopic (exact) mass is 278 g/mol. The minimum Gasteiger partial charge on any atom is -0.464 e. The van der Waals surface area contributed by atoms with Crippen molar-refractivity contribution in [2.24, 2.45) is 5.16 Å². The molecule has 1 aliphatic heterocycles. The van der Waals surface area contributed by atoms with Crippen molar-refractivity contribution in [2.75, 3.05) is 14.2 Å². The van der Waals surface area contributed by atoms with Crippen LogP contribution in [0, 0.1) is 17.1 Å². The fourth-order valence-electron chi connectivity index (χ4n) is 1.83. The van der Waals surface area contributed by atoms with Crippen LogP contribution in [0.5, 0.6) is 0 Å². The van der Waals surface area contributed by atoms with E-state index < -0.39 is 17.6 Å². The molecule has 1 aromatic carbocycles. The molecule has 7 heteroatoms. The van der Waals surface area contributed by atoms with Gasteiger partial charge in [-0.05, 0) is 18.2 Å². The molecule has 0 saturated carbocycles. The van der Waals surface area contributed by atoms with Crippen molar-refractivity contribution >= 4 is 11.7 Å². The summed E-state index contributed by atoms with van der Waals surface area (Å²) in [6, 6.07) is 5.77. The number of benzene rings is 1. The van der Waals surface area contributed by atoms with E-state index in [4.69, 9.17) is 14.8 Å². The quantitative estimate of drug-likeness (QED) is 0.779. The fourth-order valence-corrected chi connectivity index (χ4v) is 1.83. The Hall–Kier alpha value is -2.46. The average Bonchev–Trinajstić information content (AvgIpc) is 2.91. The molecule has 1 heterocycles. The molecule has 0 fully saturated rings. The van der Waals surface area contributed by atoms with Gasteiger partial charge >= 0.3 is 11.8 Å². The minimum absolute atomic E-state index is 0.0843. The van der Waals surface area contributed by atoms with Crippen molar-refractivity contribution in [2.45, 2.75) is 12.2 Å². The Labute approximate surface area is 114 Å². The van der Waals surface area contributed by atoms with Gasteiger partial charge < -0.3 is 14.3 Å². The van der Waals surface area contributed by atoms with E-state index in [1.54, 1.807) is 0 Å². The molecule has 0 spiro atoms. The summed E-state index contributed by atoms with van der Waals surface area (Å²) in [5, 5.41) is 12.4. The number of oxime groups is 1. The van der Waals surface area contributed by atoms with E-state index in [0.29, 0.717) is 0 Å². The van der Waals surface area contributed by atoms with Crippen LogP contribution in [-0.2, 0) is 19.1 Å². The van der Waals surface area contributed by atoms with Crippen molar-refractivity contribution < 1.29 is 23.5 Å². The standard InChI is InChI=1S/C13H11FN2O4/c1-18-12(17)13(19-2)6-11(16-20-13)9-4-3-8(7-15)5-10(9)14/h3-5H,6H2,1-2H3. The third-order valence-electron chi connectivity index (χ3n) is 2.94. The minimum atomic E-state index is -1.69. The number of carbonyl (C=O) groups is 1. The summed E-state index contributed by atoms with van der Waals surface area (Å²) in [5.74, 6) is -3.07. The van der Waals surface area contributed by atoms with Gasteiger partial charge in [-0.15, -0.1) is 0 Å². The van der Waals surface area contributed by atoms with E-state index in [2.05, 4.69) is 9.89 Å². The van der Waals surface area contributed by atoms with Crippen LogP contribution in [-0.4, -0.2) is 31.7 Å². The molecular formula is C13H11FN2O4. The topological polar surface area (TPSA) is 80.9 Å². The number of hydrogen-bond donors (Lipinski definition) is 0. The third kappa shape index (κ3) is 2.21. The molecule has 0 radical (unpaired) electrons.